The number of ether oxygens (including phenoxy) is 2. The molecule has 0 fully saturated rings. The molecule has 19 heteroatoms. The smallest absolute Gasteiger partial charge is 0.389 e. The number of hydrogen-bond acceptors (Lipinski definition) is 16. The first-order chi connectivity index (χ1) is 20.2. The van der Waals surface area contributed by atoms with E-state index >= 15 is 0 Å². The van der Waals surface area contributed by atoms with E-state index in [4.69, 9.17) is 41.8 Å². The fourth-order valence-electron chi connectivity index (χ4n) is 3.58. The molecule has 0 aliphatic heterocycles. The highest BCUT2D eigenvalue weighted by atomic mass is 32.1. The van der Waals surface area contributed by atoms with Crippen LogP contribution in [0, 0.1) is 0 Å². The number of rotatable bonds is 23. The maximum atomic E-state index is 9.87. The molecule has 2 unspecified atom stereocenters. The lowest BCUT2D eigenvalue weighted by molar-refractivity contribution is 0.0247. The van der Waals surface area contributed by atoms with E-state index in [1.165, 1.54) is 11.3 Å². The Hall–Kier alpha value is -1.44. The Morgan fingerprint density at radius 2 is 1.45 bits per heavy atom. The Bertz CT molecular complexity index is 896. The van der Waals surface area contributed by atoms with Crippen molar-refractivity contribution in [3.05, 3.63) is 23.5 Å². The minimum Gasteiger partial charge on any atom is -0.389 e. The van der Waals surface area contributed by atoms with Crippen molar-refractivity contribution < 1.29 is 46.2 Å². The fourth-order valence-corrected chi connectivity index (χ4v) is 7.53. The van der Waals surface area contributed by atoms with Gasteiger partial charge in [0.2, 0.25) is 0 Å². The molecule has 0 saturated carbocycles. The lowest BCUT2D eigenvalue weighted by Gasteiger charge is -2.24. The predicted octanol–water partition coefficient (Wildman–Crippen LogP) is 0.541. The van der Waals surface area contributed by atoms with E-state index in [-0.39, 0.29) is 13.2 Å². The molecule has 0 aromatic carbocycles. The van der Waals surface area contributed by atoms with E-state index in [9.17, 15) is 10.2 Å². The summed E-state index contributed by atoms with van der Waals surface area (Å²) in [4.78, 5) is 4.01. The number of anilines is 1. The quantitative estimate of drug-likeness (QED) is 0.0734. The van der Waals surface area contributed by atoms with Gasteiger partial charge in [-0.15, -0.1) is 16.4 Å². The zero-order valence-corrected chi connectivity index (χ0v) is 28.2. The van der Waals surface area contributed by atoms with E-state index in [0.29, 0.717) is 49.2 Å². The average molecular weight is 657 g/mol. The van der Waals surface area contributed by atoms with Crippen LogP contribution in [0.2, 0.25) is 12.1 Å². The molecule has 5 N–H and O–H groups in total. The molecule has 2 rings (SSSR count). The highest BCUT2D eigenvalue weighted by Crippen LogP contribution is 2.16. The number of aliphatic hydroxyl groups is 2. The van der Waals surface area contributed by atoms with Gasteiger partial charge in [-0.2, -0.15) is 0 Å². The van der Waals surface area contributed by atoms with Crippen molar-refractivity contribution in [1.82, 2.24) is 20.0 Å². The summed E-state index contributed by atoms with van der Waals surface area (Å²) in [6, 6.07) is 1.34. The molecule has 2 heterocycles. The molecule has 0 radical (unpaired) electrons. The van der Waals surface area contributed by atoms with Gasteiger partial charge in [-0.1, -0.05) is 5.21 Å². The molecule has 0 amide bonds. The monoisotopic (exact) mass is 656 g/mol. The van der Waals surface area contributed by atoms with Crippen LogP contribution in [0.4, 0.5) is 5.13 Å². The summed E-state index contributed by atoms with van der Waals surface area (Å²) in [6.45, 7) is 2.06. The summed E-state index contributed by atoms with van der Waals surface area (Å²) in [7, 11) is 4.45. The summed E-state index contributed by atoms with van der Waals surface area (Å²) < 4.78 is 44.3. The van der Waals surface area contributed by atoms with Gasteiger partial charge in [-0.25, -0.2) is 9.67 Å². The maximum Gasteiger partial charge on any atom is 0.500 e. The first-order valence-corrected chi connectivity index (χ1v) is 18.1. The molecule has 42 heavy (non-hydrogen) atoms. The summed E-state index contributed by atoms with van der Waals surface area (Å²) >= 11 is 1.43. The number of nitrogens with zero attached hydrogens (tertiary/aromatic N) is 4. The van der Waals surface area contributed by atoms with Crippen LogP contribution in [0.3, 0.4) is 0 Å². The molecule has 2 aromatic heterocycles. The van der Waals surface area contributed by atoms with Crippen LogP contribution in [0.15, 0.2) is 17.8 Å². The van der Waals surface area contributed by atoms with Gasteiger partial charge >= 0.3 is 17.6 Å². The zero-order valence-electron chi connectivity index (χ0n) is 25.4. The van der Waals surface area contributed by atoms with Crippen LogP contribution in [0.1, 0.15) is 18.5 Å². The minimum atomic E-state index is -2.53. The van der Waals surface area contributed by atoms with Gasteiger partial charge < -0.3 is 57.3 Å². The number of nitrogens with two attached hydrogens (primary N) is 1. The predicted molar refractivity (Wildman–Crippen MR) is 160 cm³/mol. The Morgan fingerprint density at radius 3 is 1.90 bits per heavy atom. The van der Waals surface area contributed by atoms with Crippen LogP contribution in [0.5, 0.6) is 0 Å². The molecule has 0 spiro atoms. The lowest BCUT2D eigenvalue weighted by Crippen LogP contribution is -2.42. The zero-order chi connectivity index (χ0) is 31.3. The lowest BCUT2D eigenvalue weighted by atomic mass is 10.4. The third-order valence-corrected chi connectivity index (χ3v) is 12.3. The average Bonchev–Trinajstić information content (AvgIpc) is 3.70. The molecular formula is C23H48N6O10SSi2. The second kappa shape index (κ2) is 22.1. The number of hydrogen-bond donors (Lipinski definition) is 4. The second-order valence-electron chi connectivity index (χ2n) is 8.73. The number of thiazole rings is 1. The maximum absolute atomic E-state index is 9.87. The highest BCUT2D eigenvalue weighted by Gasteiger charge is 2.37. The van der Waals surface area contributed by atoms with E-state index in [0.717, 1.165) is 12.8 Å². The Balaban J connectivity index is 0.000000422. The summed E-state index contributed by atoms with van der Waals surface area (Å²) in [5, 5.41) is 32.6. The molecule has 244 valence electrons. The van der Waals surface area contributed by atoms with Gasteiger partial charge in [0.1, 0.15) is 6.23 Å². The Kier molecular flexibility index (Phi) is 20.3. The van der Waals surface area contributed by atoms with E-state index in [2.05, 4.69) is 20.6 Å². The summed E-state index contributed by atoms with van der Waals surface area (Å²) in [6.07, 6.45) is 3.43. The van der Waals surface area contributed by atoms with Gasteiger partial charge in [-0.3, -0.25) is 0 Å². The van der Waals surface area contributed by atoms with Crippen molar-refractivity contribution >= 4 is 34.1 Å². The van der Waals surface area contributed by atoms with Gasteiger partial charge in [0, 0.05) is 92.3 Å². The van der Waals surface area contributed by atoms with Crippen LogP contribution >= 0.6 is 11.3 Å². The molecular weight excluding hydrogens is 609 g/mol. The summed E-state index contributed by atoms with van der Waals surface area (Å²) in [5.74, 6) is 0. The Morgan fingerprint density at radius 1 is 0.905 bits per heavy atom. The SMILES string of the molecule is CO[Si](CCCOCC(O)Cn1cc(CN)nn1)(OC)OC.CO[Si](CCCOCC(O)Nc1nccs1)(OC)OC. The Labute approximate surface area is 254 Å². The van der Waals surface area contributed by atoms with Crippen molar-refractivity contribution in [1.29, 1.82) is 0 Å². The van der Waals surface area contributed by atoms with E-state index in [1.54, 1.807) is 59.7 Å². The van der Waals surface area contributed by atoms with E-state index < -0.39 is 29.9 Å². The topological polar surface area (TPSA) is 196 Å². The van der Waals surface area contributed by atoms with Gasteiger partial charge in [-0.05, 0) is 12.8 Å². The number of aromatic nitrogens is 4. The van der Waals surface area contributed by atoms with E-state index in [1.807, 2.05) is 5.38 Å². The first-order valence-electron chi connectivity index (χ1n) is 13.3. The van der Waals surface area contributed by atoms with Crippen molar-refractivity contribution in [2.24, 2.45) is 5.73 Å². The van der Waals surface area contributed by atoms with Gasteiger partial charge in [0.25, 0.3) is 0 Å². The molecule has 2 atom stereocenters. The number of nitrogens with one attached hydrogen (secondary N) is 1. The molecule has 16 nitrogen and oxygen atoms in total. The minimum absolute atomic E-state index is 0.196. The van der Waals surface area contributed by atoms with Crippen LogP contribution in [-0.4, -0.2) is 129 Å². The van der Waals surface area contributed by atoms with Crippen LogP contribution < -0.4 is 11.1 Å². The molecule has 2 aromatic rings. The standard InChI is InChI=1S/C12H26N4O5Si.C11H22N2O5SSi/c1-18-22(19-2,20-3)6-4-5-21-10-12(17)9-16-8-11(7-13)14-15-16;1-15-20(16-2,17-3)8-4-6-18-9-10(14)13-11-12-5-7-19-11/h8,12,17H,4-7,9-10,13H2,1-3H3;5,7,10,14H,4,6,8-9H2,1-3H3,(H,12,13). The first kappa shape index (κ1) is 38.6. The largest absolute Gasteiger partial charge is 0.500 e. The van der Waals surface area contributed by atoms with Gasteiger partial charge in [0.15, 0.2) is 5.13 Å². The summed E-state index contributed by atoms with van der Waals surface area (Å²) in [5.41, 5.74) is 6.13. The molecule has 0 aliphatic carbocycles. The van der Waals surface area contributed by atoms with Crippen molar-refractivity contribution in [2.75, 3.05) is 74.4 Å². The van der Waals surface area contributed by atoms with Crippen LogP contribution in [0.25, 0.3) is 0 Å². The van der Waals surface area contributed by atoms with Crippen molar-refractivity contribution in [3.63, 3.8) is 0 Å². The van der Waals surface area contributed by atoms with Gasteiger partial charge in [0.05, 0.1) is 31.6 Å². The molecule has 0 aliphatic rings. The third kappa shape index (κ3) is 14.8. The molecule has 0 saturated heterocycles. The van der Waals surface area contributed by atoms with Crippen molar-refractivity contribution in [3.8, 4) is 0 Å². The second-order valence-corrected chi connectivity index (χ2v) is 15.8. The third-order valence-electron chi connectivity index (χ3n) is 5.91. The van der Waals surface area contributed by atoms with Crippen molar-refractivity contribution in [2.45, 2.75) is 50.4 Å². The number of aliphatic hydroxyl groups excluding tert-OH is 2. The fraction of sp³-hybridized carbons (Fsp3) is 0.783. The highest BCUT2D eigenvalue weighted by molar-refractivity contribution is 7.13. The molecule has 0 bridgehead atoms. The van der Waals surface area contributed by atoms with Crippen LogP contribution in [-0.2, 0) is 49.1 Å². The normalized spacial score (nSPS) is 13.5.